The molecule has 4 rings (SSSR count). The molecule has 0 aromatic heterocycles. The van der Waals surface area contributed by atoms with E-state index in [0.717, 1.165) is 19.3 Å². The molecule has 4 aliphatic rings. The van der Waals surface area contributed by atoms with Crippen LogP contribution >= 0.6 is 0 Å². The van der Waals surface area contributed by atoms with Gasteiger partial charge in [0.05, 0.1) is 17.8 Å². The summed E-state index contributed by atoms with van der Waals surface area (Å²) in [7, 11) is -4.52. The molecule has 35 heavy (non-hydrogen) atoms. The van der Waals surface area contributed by atoms with Gasteiger partial charge in [-0.1, -0.05) is 39.3 Å². The molecule has 0 bridgehead atoms. The molecule has 8 heteroatoms. The Kier molecular flexibility index (Phi) is 7.15. The first-order chi connectivity index (χ1) is 16.1. The number of carbonyl (C=O) groups is 1. The number of hydrogen-bond donors (Lipinski definition) is 3. The Balaban J connectivity index is 1.57. The standard InChI is InChI=1S/C27H44O7S/c1-16(2)12-17(28)15-27(5,30)24-7-6-20-19-14-23(29)22-13-18(34-35(31,32)33)8-10-25(22,3)21(19)9-11-26(20,24)4/h9,16,18-20,22-24,29-30H,6-8,10-15H2,1-5H3,(H,31,32,33)/t18-,19-,20-,22?,23-,24-,25+,26-,27-/m0/s1. The lowest BCUT2D eigenvalue weighted by Crippen LogP contribution is -2.55. The van der Waals surface area contributed by atoms with Gasteiger partial charge in [0.2, 0.25) is 0 Å². The summed E-state index contributed by atoms with van der Waals surface area (Å²) < 4.78 is 36.5. The van der Waals surface area contributed by atoms with Gasteiger partial charge in [0.25, 0.3) is 0 Å². The van der Waals surface area contributed by atoms with E-state index in [2.05, 4.69) is 19.9 Å². The van der Waals surface area contributed by atoms with Crippen LogP contribution in [0.2, 0.25) is 0 Å². The zero-order valence-corrected chi connectivity index (χ0v) is 22.7. The minimum atomic E-state index is -4.52. The molecule has 0 spiro atoms. The zero-order chi connectivity index (χ0) is 26.0. The normalized spacial score (nSPS) is 43.1. The molecular formula is C27H44O7S. The van der Waals surface area contributed by atoms with Gasteiger partial charge in [-0.05, 0) is 92.3 Å². The minimum absolute atomic E-state index is 0.0236. The minimum Gasteiger partial charge on any atom is -0.393 e. The molecule has 0 saturated heterocycles. The SMILES string of the molecule is CC(C)CC(=O)C[C@](C)(O)[C@H]1CC[C@H]2[C@@H]3C[C@H](O)C4C[C@@H](OS(=O)(=O)O)CC[C@]4(C)C3=CC[C@@]21C. The molecular weight excluding hydrogens is 468 g/mol. The summed E-state index contributed by atoms with van der Waals surface area (Å²) in [6, 6.07) is 0. The van der Waals surface area contributed by atoms with Crippen LogP contribution in [-0.4, -0.2) is 46.8 Å². The molecule has 9 atom stereocenters. The van der Waals surface area contributed by atoms with Crippen molar-refractivity contribution in [3.8, 4) is 0 Å². The van der Waals surface area contributed by atoms with Crippen LogP contribution in [-0.2, 0) is 19.4 Å². The lowest BCUT2D eigenvalue weighted by molar-refractivity contribution is -0.131. The summed E-state index contributed by atoms with van der Waals surface area (Å²) in [6.07, 6.45) is 6.75. The van der Waals surface area contributed by atoms with Crippen molar-refractivity contribution in [1.29, 1.82) is 0 Å². The quantitative estimate of drug-likeness (QED) is 0.340. The Labute approximate surface area is 210 Å². The van der Waals surface area contributed by atoms with Crippen molar-refractivity contribution in [2.75, 3.05) is 0 Å². The smallest absolute Gasteiger partial charge is 0.393 e. The van der Waals surface area contributed by atoms with Gasteiger partial charge in [-0.2, -0.15) is 8.42 Å². The highest BCUT2D eigenvalue weighted by Crippen LogP contribution is 2.67. The fourth-order valence-corrected chi connectivity index (χ4v) is 9.39. The van der Waals surface area contributed by atoms with Crippen LogP contribution in [0.5, 0.6) is 0 Å². The Morgan fingerprint density at radius 2 is 1.89 bits per heavy atom. The van der Waals surface area contributed by atoms with E-state index in [0.29, 0.717) is 38.0 Å². The Morgan fingerprint density at radius 3 is 2.51 bits per heavy atom. The first-order valence-electron chi connectivity index (χ1n) is 13.3. The Hall–Kier alpha value is -0.800. The van der Waals surface area contributed by atoms with Crippen molar-refractivity contribution in [1.82, 2.24) is 0 Å². The average molecular weight is 513 g/mol. The van der Waals surface area contributed by atoms with Crippen LogP contribution < -0.4 is 0 Å². The number of hydrogen-bond acceptors (Lipinski definition) is 6. The molecule has 0 aromatic carbocycles. The number of aliphatic hydroxyl groups is 2. The number of Topliss-reactive ketones (excluding diaryl/α,β-unsaturated/α-hetero) is 1. The first kappa shape index (κ1) is 27.2. The highest BCUT2D eigenvalue weighted by atomic mass is 32.3. The Morgan fingerprint density at radius 1 is 1.20 bits per heavy atom. The van der Waals surface area contributed by atoms with Crippen molar-refractivity contribution >= 4 is 16.2 Å². The maximum absolute atomic E-state index is 12.6. The average Bonchev–Trinajstić information content (AvgIpc) is 3.05. The number of carbonyl (C=O) groups excluding carboxylic acids is 1. The number of rotatable bonds is 7. The lowest BCUT2D eigenvalue weighted by atomic mass is 9.47. The predicted molar refractivity (Wildman–Crippen MR) is 133 cm³/mol. The molecule has 3 N–H and O–H groups in total. The largest absolute Gasteiger partial charge is 0.397 e. The summed E-state index contributed by atoms with van der Waals surface area (Å²) in [5.74, 6) is 0.853. The molecule has 0 aliphatic heterocycles. The summed E-state index contributed by atoms with van der Waals surface area (Å²) in [6.45, 7) is 10.3. The van der Waals surface area contributed by atoms with E-state index in [1.807, 2.05) is 20.8 Å². The number of allylic oxidation sites excluding steroid dienone is 2. The highest BCUT2D eigenvalue weighted by molar-refractivity contribution is 7.80. The van der Waals surface area contributed by atoms with Crippen molar-refractivity contribution in [2.24, 2.45) is 40.4 Å². The van der Waals surface area contributed by atoms with E-state index in [4.69, 9.17) is 8.74 Å². The molecule has 0 aromatic rings. The second-order valence-corrected chi connectivity index (χ2v) is 14.2. The van der Waals surface area contributed by atoms with E-state index in [-0.39, 0.29) is 46.7 Å². The molecule has 0 radical (unpaired) electrons. The molecule has 1 unspecified atom stereocenters. The molecule has 7 nitrogen and oxygen atoms in total. The monoisotopic (exact) mass is 512 g/mol. The third-order valence-electron chi connectivity index (χ3n) is 10.2. The molecule has 0 heterocycles. The van der Waals surface area contributed by atoms with Crippen molar-refractivity contribution in [3.05, 3.63) is 11.6 Å². The van der Waals surface area contributed by atoms with Gasteiger partial charge in [0.1, 0.15) is 5.78 Å². The van der Waals surface area contributed by atoms with Gasteiger partial charge < -0.3 is 10.2 Å². The van der Waals surface area contributed by atoms with Crippen molar-refractivity contribution in [3.63, 3.8) is 0 Å². The van der Waals surface area contributed by atoms with Crippen LogP contribution in [0.3, 0.4) is 0 Å². The number of fused-ring (bicyclic) bond motifs is 5. The maximum Gasteiger partial charge on any atom is 0.397 e. The van der Waals surface area contributed by atoms with Crippen molar-refractivity contribution in [2.45, 2.75) is 110 Å². The second kappa shape index (κ2) is 9.19. The van der Waals surface area contributed by atoms with E-state index >= 15 is 0 Å². The summed E-state index contributed by atoms with van der Waals surface area (Å²) in [5.41, 5.74) is -0.0523. The van der Waals surface area contributed by atoms with Gasteiger partial charge in [-0.3, -0.25) is 9.35 Å². The topological polar surface area (TPSA) is 121 Å². The van der Waals surface area contributed by atoms with E-state index in [9.17, 15) is 23.4 Å². The van der Waals surface area contributed by atoms with Crippen LogP contribution in [0, 0.1) is 40.4 Å². The third kappa shape index (κ3) is 5.02. The lowest BCUT2D eigenvalue weighted by Gasteiger charge is -2.58. The Bertz CT molecular complexity index is 970. The van der Waals surface area contributed by atoms with E-state index in [1.54, 1.807) is 0 Å². The fourth-order valence-electron chi connectivity index (χ4n) is 8.87. The molecule has 200 valence electrons. The molecule has 0 amide bonds. The predicted octanol–water partition coefficient (Wildman–Crippen LogP) is 4.48. The maximum atomic E-state index is 12.6. The summed E-state index contributed by atoms with van der Waals surface area (Å²) in [4.78, 5) is 12.6. The number of aliphatic hydroxyl groups excluding tert-OH is 1. The van der Waals surface area contributed by atoms with Crippen LogP contribution in [0.25, 0.3) is 0 Å². The third-order valence-corrected chi connectivity index (χ3v) is 10.7. The second-order valence-electron chi connectivity index (χ2n) is 13.1. The van der Waals surface area contributed by atoms with Gasteiger partial charge in [0.15, 0.2) is 0 Å². The first-order valence-corrected chi connectivity index (χ1v) is 14.7. The summed E-state index contributed by atoms with van der Waals surface area (Å²) >= 11 is 0. The van der Waals surface area contributed by atoms with Crippen LogP contribution in [0.15, 0.2) is 11.6 Å². The van der Waals surface area contributed by atoms with Crippen molar-refractivity contribution < 1.29 is 32.2 Å². The zero-order valence-electron chi connectivity index (χ0n) is 21.9. The number of ketones is 1. The van der Waals surface area contributed by atoms with E-state index in [1.165, 1.54) is 5.57 Å². The van der Waals surface area contributed by atoms with E-state index < -0.39 is 28.2 Å². The molecule has 3 fully saturated rings. The van der Waals surface area contributed by atoms with Gasteiger partial charge in [0, 0.05) is 12.8 Å². The highest BCUT2D eigenvalue weighted by Gasteiger charge is 2.61. The van der Waals surface area contributed by atoms with Gasteiger partial charge in [-0.25, -0.2) is 4.18 Å². The summed E-state index contributed by atoms with van der Waals surface area (Å²) in [5, 5.41) is 22.8. The van der Waals surface area contributed by atoms with Crippen LogP contribution in [0.4, 0.5) is 0 Å². The fraction of sp³-hybridized carbons (Fsp3) is 0.889. The van der Waals surface area contributed by atoms with Crippen LogP contribution in [0.1, 0.15) is 92.4 Å². The van der Waals surface area contributed by atoms with Gasteiger partial charge >= 0.3 is 10.4 Å². The molecule has 4 aliphatic carbocycles. The molecule has 3 saturated carbocycles. The van der Waals surface area contributed by atoms with Gasteiger partial charge in [-0.15, -0.1) is 0 Å².